The molecule has 5 heteroatoms. The zero-order valence-electron chi connectivity index (χ0n) is 7.56. The van der Waals surface area contributed by atoms with Crippen LogP contribution in [0.1, 0.15) is 32.1 Å². The molecule has 0 aromatic rings. The summed E-state index contributed by atoms with van der Waals surface area (Å²) < 4.78 is 0. The van der Waals surface area contributed by atoms with Gasteiger partial charge in [0.05, 0.1) is 18.6 Å². The normalized spacial score (nSPS) is 11.4. The molecule has 0 spiro atoms. The van der Waals surface area contributed by atoms with Crippen molar-refractivity contribution in [1.29, 1.82) is 5.26 Å². The second-order valence-electron chi connectivity index (χ2n) is 2.82. The molecule has 72 valence electrons. The van der Waals surface area contributed by atoms with Gasteiger partial charge < -0.3 is 5.11 Å². The largest absolute Gasteiger partial charge is 0.392 e. The van der Waals surface area contributed by atoms with Gasteiger partial charge in [0.2, 0.25) is 0 Å². The smallest absolute Gasteiger partial charge is 0.0670 e. The van der Waals surface area contributed by atoms with Crippen LogP contribution in [0.25, 0.3) is 10.4 Å². The van der Waals surface area contributed by atoms with Crippen LogP contribution in [-0.2, 0) is 0 Å². The molecule has 0 heterocycles. The topological polar surface area (TPSA) is 92.8 Å². The van der Waals surface area contributed by atoms with E-state index >= 15 is 0 Å². The Labute approximate surface area is 77.6 Å². The van der Waals surface area contributed by atoms with E-state index in [1.54, 1.807) is 0 Å². The Morgan fingerprint density at radius 2 is 2.23 bits per heavy atom. The van der Waals surface area contributed by atoms with Gasteiger partial charge >= 0.3 is 0 Å². The number of aliphatic hydroxyl groups is 1. The number of nitriles is 1. The summed E-state index contributed by atoms with van der Waals surface area (Å²) >= 11 is 0. The Bertz CT molecular complexity index is 205. The molecule has 13 heavy (non-hydrogen) atoms. The van der Waals surface area contributed by atoms with Crippen LogP contribution in [-0.4, -0.2) is 17.8 Å². The molecule has 0 saturated carbocycles. The first-order valence-corrected chi connectivity index (χ1v) is 4.37. The van der Waals surface area contributed by atoms with Gasteiger partial charge in [-0.25, -0.2) is 0 Å². The standard InChI is InChI=1S/C8H14N4O/c9-6-5-8(13)4-2-1-3-7-11-12-10/h8,13H,1-5,7H2. The number of nitrogens with zero attached hydrogens (tertiary/aromatic N) is 4. The molecule has 1 N–H and O–H groups in total. The number of azide groups is 1. The third kappa shape index (κ3) is 8.67. The predicted molar refractivity (Wildman–Crippen MR) is 48.7 cm³/mol. The second kappa shape index (κ2) is 8.85. The molecular weight excluding hydrogens is 168 g/mol. The quantitative estimate of drug-likeness (QED) is 0.282. The molecule has 0 aliphatic rings. The van der Waals surface area contributed by atoms with Gasteiger partial charge in [0.15, 0.2) is 0 Å². The lowest BCUT2D eigenvalue weighted by molar-refractivity contribution is 0.165. The van der Waals surface area contributed by atoms with Crippen LogP contribution in [0.15, 0.2) is 5.11 Å². The third-order valence-electron chi connectivity index (χ3n) is 1.69. The van der Waals surface area contributed by atoms with E-state index in [2.05, 4.69) is 10.0 Å². The molecule has 1 atom stereocenters. The molecule has 1 unspecified atom stereocenters. The number of rotatable bonds is 7. The van der Waals surface area contributed by atoms with Gasteiger partial charge in [0.25, 0.3) is 0 Å². The summed E-state index contributed by atoms with van der Waals surface area (Å²) in [6.07, 6.45) is 3.03. The van der Waals surface area contributed by atoms with Crippen molar-refractivity contribution in [1.82, 2.24) is 0 Å². The molecule has 0 rings (SSSR count). The molecular formula is C8H14N4O. The van der Waals surface area contributed by atoms with Crippen molar-refractivity contribution in [3.8, 4) is 6.07 Å². The molecule has 0 saturated heterocycles. The highest BCUT2D eigenvalue weighted by molar-refractivity contribution is 4.74. The van der Waals surface area contributed by atoms with E-state index in [0.29, 0.717) is 13.0 Å². The van der Waals surface area contributed by atoms with Crippen molar-refractivity contribution in [3.05, 3.63) is 10.4 Å². The summed E-state index contributed by atoms with van der Waals surface area (Å²) in [5.74, 6) is 0. The van der Waals surface area contributed by atoms with E-state index in [9.17, 15) is 0 Å². The Balaban J connectivity index is 3.16. The highest BCUT2D eigenvalue weighted by Gasteiger charge is 2.01. The lowest BCUT2D eigenvalue weighted by Crippen LogP contribution is -2.04. The van der Waals surface area contributed by atoms with Crippen LogP contribution in [0.3, 0.4) is 0 Å². The number of hydrogen-bond donors (Lipinski definition) is 1. The van der Waals surface area contributed by atoms with E-state index in [1.165, 1.54) is 0 Å². The van der Waals surface area contributed by atoms with Gasteiger partial charge in [0.1, 0.15) is 0 Å². The van der Waals surface area contributed by atoms with Crippen LogP contribution in [0, 0.1) is 11.3 Å². The van der Waals surface area contributed by atoms with Gasteiger partial charge in [-0.15, -0.1) is 0 Å². The van der Waals surface area contributed by atoms with E-state index in [-0.39, 0.29) is 6.42 Å². The van der Waals surface area contributed by atoms with Crippen molar-refractivity contribution in [2.75, 3.05) is 6.54 Å². The first-order valence-electron chi connectivity index (χ1n) is 4.37. The third-order valence-corrected chi connectivity index (χ3v) is 1.69. The molecule has 0 amide bonds. The fourth-order valence-corrected chi connectivity index (χ4v) is 0.991. The van der Waals surface area contributed by atoms with Gasteiger partial charge in [-0.3, -0.25) is 0 Å². The predicted octanol–water partition coefficient (Wildman–Crippen LogP) is 2.13. The molecule has 0 aliphatic carbocycles. The fraction of sp³-hybridized carbons (Fsp3) is 0.875. The summed E-state index contributed by atoms with van der Waals surface area (Å²) in [7, 11) is 0. The SMILES string of the molecule is N#CCC(O)CCCCCN=[N+]=[N-]. The zero-order chi connectivity index (χ0) is 9.94. The second-order valence-corrected chi connectivity index (χ2v) is 2.82. The molecule has 0 aliphatic heterocycles. The van der Waals surface area contributed by atoms with E-state index in [0.717, 1.165) is 19.3 Å². The average Bonchev–Trinajstić information content (AvgIpc) is 2.11. The highest BCUT2D eigenvalue weighted by atomic mass is 16.3. The van der Waals surface area contributed by atoms with Crippen molar-refractivity contribution >= 4 is 0 Å². The van der Waals surface area contributed by atoms with Crippen LogP contribution in [0.2, 0.25) is 0 Å². The van der Waals surface area contributed by atoms with Crippen molar-refractivity contribution in [2.24, 2.45) is 5.11 Å². The van der Waals surface area contributed by atoms with Crippen molar-refractivity contribution < 1.29 is 5.11 Å². The van der Waals surface area contributed by atoms with Crippen molar-refractivity contribution in [3.63, 3.8) is 0 Å². The lowest BCUT2D eigenvalue weighted by atomic mass is 10.1. The molecule has 0 fully saturated rings. The van der Waals surface area contributed by atoms with Gasteiger partial charge in [-0.2, -0.15) is 5.26 Å². The summed E-state index contributed by atoms with van der Waals surface area (Å²) in [5.41, 5.74) is 7.96. The van der Waals surface area contributed by atoms with Crippen LogP contribution >= 0.6 is 0 Å². The van der Waals surface area contributed by atoms with Crippen LogP contribution < -0.4 is 0 Å². The summed E-state index contributed by atoms with van der Waals surface area (Å²) in [5, 5.41) is 20.8. The summed E-state index contributed by atoms with van der Waals surface area (Å²) in [6, 6.07) is 1.91. The first-order chi connectivity index (χ1) is 6.31. The fourth-order valence-electron chi connectivity index (χ4n) is 0.991. The maximum absolute atomic E-state index is 9.15. The monoisotopic (exact) mass is 182 g/mol. The van der Waals surface area contributed by atoms with E-state index < -0.39 is 6.10 Å². The van der Waals surface area contributed by atoms with Gasteiger partial charge in [-0.05, 0) is 18.4 Å². The molecule has 0 aromatic heterocycles. The molecule has 5 nitrogen and oxygen atoms in total. The number of hydrogen-bond acceptors (Lipinski definition) is 3. The van der Waals surface area contributed by atoms with E-state index in [4.69, 9.17) is 15.9 Å². The average molecular weight is 182 g/mol. The minimum Gasteiger partial charge on any atom is -0.392 e. The minimum absolute atomic E-state index is 0.205. The summed E-state index contributed by atoms with van der Waals surface area (Å²) in [4.78, 5) is 2.63. The maximum atomic E-state index is 9.15. The Morgan fingerprint density at radius 1 is 1.46 bits per heavy atom. The van der Waals surface area contributed by atoms with Crippen LogP contribution in [0.5, 0.6) is 0 Å². The van der Waals surface area contributed by atoms with Gasteiger partial charge in [-0.1, -0.05) is 18.0 Å². The van der Waals surface area contributed by atoms with E-state index in [1.807, 2.05) is 6.07 Å². The Morgan fingerprint density at radius 3 is 2.85 bits per heavy atom. The number of unbranched alkanes of at least 4 members (excludes halogenated alkanes) is 2. The van der Waals surface area contributed by atoms with Crippen LogP contribution in [0.4, 0.5) is 0 Å². The minimum atomic E-state index is -0.496. The number of aliphatic hydroxyl groups excluding tert-OH is 1. The van der Waals surface area contributed by atoms with Gasteiger partial charge in [0, 0.05) is 11.5 Å². The Hall–Kier alpha value is -1.24. The van der Waals surface area contributed by atoms with Crippen molar-refractivity contribution in [2.45, 2.75) is 38.2 Å². The Kier molecular flexibility index (Phi) is 8.01. The molecule has 0 radical (unpaired) electrons. The summed E-state index contributed by atoms with van der Waals surface area (Å²) in [6.45, 7) is 0.519. The maximum Gasteiger partial charge on any atom is 0.0670 e. The first kappa shape index (κ1) is 11.8. The molecule has 0 bridgehead atoms. The lowest BCUT2D eigenvalue weighted by Gasteiger charge is -2.04. The zero-order valence-corrected chi connectivity index (χ0v) is 7.56. The molecule has 0 aromatic carbocycles. The highest BCUT2D eigenvalue weighted by Crippen LogP contribution is 2.05.